The first-order chi connectivity index (χ1) is 8.26. The van der Waals surface area contributed by atoms with Gasteiger partial charge in [0, 0.05) is 12.6 Å². The van der Waals surface area contributed by atoms with Gasteiger partial charge in [-0.1, -0.05) is 13.8 Å². The molecule has 0 spiro atoms. The molecule has 0 aliphatic heterocycles. The van der Waals surface area contributed by atoms with Gasteiger partial charge < -0.3 is 10.3 Å². The highest BCUT2D eigenvalue weighted by molar-refractivity contribution is 5.03. The molecule has 0 aliphatic rings. The number of aromatic amines is 1. The van der Waals surface area contributed by atoms with E-state index in [4.69, 9.17) is 0 Å². The summed E-state index contributed by atoms with van der Waals surface area (Å²) in [6, 6.07) is 1.20. The normalized spacial score (nSPS) is 12.1. The molecule has 18 heavy (non-hydrogen) atoms. The van der Waals surface area contributed by atoms with Crippen LogP contribution in [0.5, 0.6) is 0 Å². The number of rotatable bonds is 5. The van der Waals surface area contributed by atoms with E-state index < -0.39 is 18.2 Å². The van der Waals surface area contributed by atoms with Crippen LogP contribution in [0.3, 0.4) is 0 Å². The van der Waals surface area contributed by atoms with Crippen molar-refractivity contribution < 1.29 is 13.2 Å². The van der Waals surface area contributed by atoms with Gasteiger partial charge in [-0.05, 0) is 12.5 Å². The summed E-state index contributed by atoms with van der Waals surface area (Å²) in [6.07, 6.45) is -5.60. The molecule has 0 saturated carbocycles. The molecule has 0 saturated heterocycles. The van der Waals surface area contributed by atoms with Gasteiger partial charge >= 0.3 is 6.18 Å². The summed E-state index contributed by atoms with van der Waals surface area (Å²) in [5.41, 5.74) is -0.246. The first-order valence-corrected chi connectivity index (χ1v) is 5.63. The van der Waals surface area contributed by atoms with Crippen LogP contribution in [0.15, 0.2) is 10.9 Å². The van der Waals surface area contributed by atoms with Crippen molar-refractivity contribution >= 4 is 0 Å². The van der Waals surface area contributed by atoms with Crippen LogP contribution in [0.4, 0.5) is 13.2 Å². The summed E-state index contributed by atoms with van der Waals surface area (Å²) in [7, 11) is 0. The lowest BCUT2D eigenvalue weighted by Crippen LogP contribution is -2.24. The Bertz CT molecular complexity index is 440. The minimum absolute atomic E-state index is 0.285. The molecule has 1 aromatic heterocycles. The Balaban J connectivity index is 2.72. The standard InChI is InChI=1S/C11H16F3N3O/c1-7(2)5-15-6-8-3-10(18)17-9(16-8)4-11(12,13)14/h3,7,15H,4-6H2,1-2H3,(H,16,17,18). The van der Waals surface area contributed by atoms with Crippen molar-refractivity contribution in [2.45, 2.75) is 33.0 Å². The maximum absolute atomic E-state index is 12.2. The molecule has 0 atom stereocenters. The van der Waals surface area contributed by atoms with Gasteiger partial charge in [0.2, 0.25) is 0 Å². The fourth-order valence-electron chi connectivity index (χ4n) is 1.42. The zero-order valence-corrected chi connectivity index (χ0v) is 10.3. The molecule has 0 fully saturated rings. The van der Waals surface area contributed by atoms with Crippen molar-refractivity contribution in [1.82, 2.24) is 15.3 Å². The van der Waals surface area contributed by atoms with Gasteiger partial charge in [0.15, 0.2) is 0 Å². The second-order valence-electron chi connectivity index (χ2n) is 4.50. The summed E-state index contributed by atoms with van der Waals surface area (Å²) in [6.45, 7) is 5.01. The monoisotopic (exact) mass is 263 g/mol. The maximum atomic E-state index is 12.2. The van der Waals surface area contributed by atoms with Crippen molar-refractivity contribution in [1.29, 1.82) is 0 Å². The van der Waals surface area contributed by atoms with E-state index in [1.807, 2.05) is 13.8 Å². The predicted octanol–water partition coefficient (Wildman–Crippen LogP) is 1.62. The van der Waals surface area contributed by atoms with Crippen molar-refractivity contribution in [3.05, 3.63) is 27.9 Å². The quantitative estimate of drug-likeness (QED) is 0.848. The molecule has 0 bridgehead atoms. The van der Waals surface area contributed by atoms with Crippen molar-refractivity contribution in [2.75, 3.05) is 6.54 Å². The van der Waals surface area contributed by atoms with Crippen LogP contribution in [0.25, 0.3) is 0 Å². The summed E-state index contributed by atoms with van der Waals surface area (Å²) in [5, 5.41) is 3.02. The fourth-order valence-corrected chi connectivity index (χ4v) is 1.42. The molecule has 1 aromatic rings. The summed E-state index contributed by atoms with van der Waals surface area (Å²) < 4.78 is 36.6. The average Bonchev–Trinajstić information content (AvgIpc) is 2.12. The molecule has 102 valence electrons. The topological polar surface area (TPSA) is 57.8 Å². The van der Waals surface area contributed by atoms with Crippen LogP contribution in [-0.2, 0) is 13.0 Å². The van der Waals surface area contributed by atoms with Crippen LogP contribution in [0.1, 0.15) is 25.4 Å². The smallest absolute Gasteiger partial charge is 0.311 e. The summed E-state index contributed by atoms with van der Waals surface area (Å²) in [5.74, 6) is 0.0676. The minimum atomic E-state index is -4.38. The number of nitrogens with one attached hydrogen (secondary N) is 2. The molecule has 2 N–H and O–H groups in total. The van der Waals surface area contributed by atoms with E-state index >= 15 is 0 Å². The number of hydrogen-bond donors (Lipinski definition) is 2. The van der Waals surface area contributed by atoms with Crippen LogP contribution >= 0.6 is 0 Å². The molecule has 4 nitrogen and oxygen atoms in total. The fraction of sp³-hybridized carbons (Fsp3) is 0.636. The van der Waals surface area contributed by atoms with E-state index in [0.717, 1.165) is 0 Å². The highest BCUT2D eigenvalue weighted by atomic mass is 19.4. The van der Waals surface area contributed by atoms with E-state index in [1.165, 1.54) is 6.07 Å². The van der Waals surface area contributed by atoms with Gasteiger partial charge in [-0.2, -0.15) is 13.2 Å². The Kier molecular flexibility index (Phi) is 4.89. The number of nitrogens with zero attached hydrogens (tertiary/aromatic N) is 1. The van der Waals surface area contributed by atoms with E-state index in [0.29, 0.717) is 18.2 Å². The van der Waals surface area contributed by atoms with Crippen molar-refractivity contribution in [3.8, 4) is 0 Å². The third-order valence-corrected chi connectivity index (χ3v) is 2.07. The van der Waals surface area contributed by atoms with E-state index in [-0.39, 0.29) is 12.4 Å². The van der Waals surface area contributed by atoms with Crippen LogP contribution in [-0.4, -0.2) is 22.7 Å². The number of hydrogen-bond acceptors (Lipinski definition) is 3. The minimum Gasteiger partial charge on any atom is -0.311 e. The van der Waals surface area contributed by atoms with E-state index in [2.05, 4.69) is 15.3 Å². The number of H-pyrrole nitrogens is 1. The predicted molar refractivity (Wildman–Crippen MR) is 61.2 cm³/mol. The summed E-state index contributed by atoms with van der Waals surface area (Å²) >= 11 is 0. The van der Waals surface area contributed by atoms with Crippen molar-refractivity contribution in [3.63, 3.8) is 0 Å². The Hall–Kier alpha value is -1.37. The second-order valence-corrected chi connectivity index (χ2v) is 4.50. The van der Waals surface area contributed by atoms with Crippen LogP contribution in [0.2, 0.25) is 0 Å². The average molecular weight is 263 g/mol. The van der Waals surface area contributed by atoms with Gasteiger partial charge in [0.25, 0.3) is 5.56 Å². The third kappa shape index (κ3) is 5.81. The molecule has 0 amide bonds. The number of aromatic nitrogens is 2. The van der Waals surface area contributed by atoms with Gasteiger partial charge in [0.1, 0.15) is 12.2 Å². The maximum Gasteiger partial charge on any atom is 0.396 e. The highest BCUT2D eigenvalue weighted by Gasteiger charge is 2.29. The molecular formula is C11H16F3N3O. The van der Waals surface area contributed by atoms with Gasteiger partial charge in [0.05, 0.1) is 5.69 Å². The largest absolute Gasteiger partial charge is 0.396 e. The molecule has 7 heteroatoms. The molecular weight excluding hydrogens is 247 g/mol. The van der Waals surface area contributed by atoms with Gasteiger partial charge in [-0.15, -0.1) is 0 Å². The molecule has 0 aliphatic carbocycles. The number of halogens is 3. The second kappa shape index (κ2) is 5.99. The molecule has 0 aromatic carbocycles. The lowest BCUT2D eigenvalue weighted by atomic mass is 10.2. The van der Waals surface area contributed by atoms with Crippen molar-refractivity contribution in [2.24, 2.45) is 5.92 Å². The first-order valence-electron chi connectivity index (χ1n) is 5.63. The summed E-state index contributed by atoms with van der Waals surface area (Å²) in [4.78, 5) is 17.1. The molecule has 1 heterocycles. The van der Waals surface area contributed by atoms with Crippen LogP contribution in [0, 0.1) is 5.92 Å². The Morgan fingerprint density at radius 1 is 1.44 bits per heavy atom. The zero-order valence-electron chi connectivity index (χ0n) is 10.3. The van der Waals surface area contributed by atoms with Gasteiger partial charge in [-0.3, -0.25) is 4.79 Å². The highest BCUT2D eigenvalue weighted by Crippen LogP contribution is 2.18. The SMILES string of the molecule is CC(C)CNCc1cc(=O)[nH]c(CC(F)(F)F)n1. The third-order valence-electron chi connectivity index (χ3n) is 2.07. The Labute approximate surface area is 103 Å². The zero-order chi connectivity index (χ0) is 13.8. The van der Waals surface area contributed by atoms with Crippen LogP contribution < -0.4 is 10.9 Å². The Morgan fingerprint density at radius 3 is 2.67 bits per heavy atom. The lowest BCUT2D eigenvalue weighted by Gasteiger charge is -2.09. The molecule has 1 rings (SSSR count). The first kappa shape index (κ1) is 14.7. The molecule has 0 unspecified atom stereocenters. The lowest BCUT2D eigenvalue weighted by molar-refractivity contribution is -0.128. The molecule has 0 radical (unpaired) electrons. The van der Waals surface area contributed by atoms with Gasteiger partial charge in [-0.25, -0.2) is 4.98 Å². The van der Waals surface area contributed by atoms with E-state index in [9.17, 15) is 18.0 Å². The number of alkyl halides is 3. The van der Waals surface area contributed by atoms with E-state index in [1.54, 1.807) is 0 Å². The Morgan fingerprint density at radius 2 is 2.11 bits per heavy atom.